The Hall–Kier alpha value is -2.16. The number of halogens is 4. The average molecular weight is 387 g/mol. The van der Waals surface area contributed by atoms with Gasteiger partial charge in [-0.1, -0.05) is 18.2 Å². The molecular formula is C19H21F4NO3. The van der Waals surface area contributed by atoms with Crippen LogP contribution in [0.25, 0.3) is 0 Å². The molecule has 4 nitrogen and oxygen atoms in total. The van der Waals surface area contributed by atoms with Crippen molar-refractivity contribution in [2.24, 2.45) is 0 Å². The maximum Gasteiger partial charge on any atom is 0.416 e. The maximum atomic E-state index is 14.1. The summed E-state index contributed by atoms with van der Waals surface area (Å²) in [4.78, 5) is 0. The standard InChI is InChI=1S/C19H21F4NO3/c1-18(26,12-25)11-24-9-14-5-6-16(8-17(14)20)27-10-13-3-2-4-15(7-13)19(21,22)23/h2-8,24-26H,9-12H2,1H3. The van der Waals surface area contributed by atoms with Crippen molar-refractivity contribution >= 4 is 0 Å². The van der Waals surface area contributed by atoms with Crippen LogP contribution in [0, 0.1) is 5.82 Å². The van der Waals surface area contributed by atoms with Crippen LogP contribution in [-0.2, 0) is 19.3 Å². The minimum Gasteiger partial charge on any atom is -0.489 e. The Balaban J connectivity index is 1.94. The monoisotopic (exact) mass is 387 g/mol. The lowest BCUT2D eigenvalue weighted by molar-refractivity contribution is -0.137. The van der Waals surface area contributed by atoms with E-state index in [2.05, 4.69) is 5.32 Å². The van der Waals surface area contributed by atoms with E-state index in [1.807, 2.05) is 0 Å². The summed E-state index contributed by atoms with van der Waals surface area (Å²) in [5, 5.41) is 21.5. The number of nitrogens with one attached hydrogen (secondary N) is 1. The zero-order valence-corrected chi connectivity index (χ0v) is 14.7. The van der Waals surface area contributed by atoms with E-state index in [-0.39, 0.29) is 25.4 Å². The minimum absolute atomic E-state index is 0.0801. The first kappa shape index (κ1) is 21.1. The third-order valence-electron chi connectivity index (χ3n) is 3.85. The van der Waals surface area contributed by atoms with Gasteiger partial charge in [0.2, 0.25) is 0 Å². The summed E-state index contributed by atoms with van der Waals surface area (Å²) in [6, 6.07) is 8.89. The van der Waals surface area contributed by atoms with Gasteiger partial charge in [0.05, 0.1) is 17.8 Å². The van der Waals surface area contributed by atoms with Gasteiger partial charge in [-0.2, -0.15) is 13.2 Å². The molecule has 0 fully saturated rings. The second-order valence-electron chi connectivity index (χ2n) is 6.50. The van der Waals surface area contributed by atoms with Crippen LogP contribution in [0.5, 0.6) is 5.75 Å². The van der Waals surface area contributed by atoms with Crippen LogP contribution >= 0.6 is 0 Å². The molecule has 3 N–H and O–H groups in total. The van der Waals surface area contributed by atoms with Crippen LogP contribution in [0.15, 0.2) is 42.5 Å². The quantitative estimate of drug-likeness (QED) is 0.609. The van der Waals surface area contributed by atoms with E-state index in [1.54, 1.807) is 0 Å². The molecule has 2 aromatic rings. The van der Waals surface area contributed by atoms with Gasteiger partial charge in [-0.3, -0.25) is 0 Å². The van der Waals surface area contributed by atoms with Crippen molar-refractivity contribution in [1.29, 1.82) is 0 Å². The fourth-order valence-corrected chi connectivity index (χ4v) is 2.29. The molecule has 27 heavy (non-hydrogen) atoms. The first-order chi connectivity index (χ1) is 12.6. The zero-order chi connectivity index (χ0) is 20.1. The average Bonchev–Trinajstić information content (AvgIpc) is 2.61. The summed E-state index contributed by atoms with van der Waals surface area (Å²) < 4.78 is 57.6. The van der Waals surface area contributed by atoms with Gasteiger partial charge in [-0.15, -0.1) is 0 Å². The Morgan fingerprint density at radius 3 is 2.48 bits per heavy atom. The van der Waals surface area contributed by atoms with Crippen molar-refractivity contribution in [3.63, 3.8) is 0 Å². The van der Waals surface area contributed by atoms with E-state index < -0.39 is 29.8 Å². The van der Waals surface area contributed by atoms with E-state index in [0.717, 1.165) is 18.2 Å². The van der Waals surface area contributed by atoms with Crippen molar-refractivity contribution in [3.8, 4) is 5.75 Å². The second-order valence-corrected chi connectivity index (χ2v) is 6.50. The molecule has 148 valence electrons. The van der Waals surface area contributed by atoms with E-state index in [9.17, 15) is 22.7 Å². The van der Waals surface area contributed by atoms with Crippen molar-refractivity contribution in [2.75, 3.05) is 13.2 Å². The molecule has 0 aliphatic rings. The lowest BCUT2D eigenvalue weighted by Crippen LogP contribution is -2.40. The van der Waals surface area contributed by atoms with Crippen LogP contribution in [0.2, 0.25) is 0 Å². The third-order valence-corrected chi connectivity index (χ3v) is 3.85. The Labute approximate surface area is 154 Å². The molecule has 0 radical (unpaired) electrons. The Morgan fingerprint density at radius 2 is 1.85 bits per heavy atom. The predicted octanol–water partition coefficient (Wildman–Crippen LogP) is 3.26. The minimum atomic E-state index is -4.43. The Morgan fingerprint density at radius 1 is 1.11 bits per heavy atom. The van der Waals surface area contributed by atoms with Crippen molar-refractivity contribution in [3.05, 3.63) is 65.0 Å². The molecule has 0 aromatic heterocycles. The van der Waals surface area contributed by atoms with Crippen LogP contribution in [0.1, 0.15) is 23.6 Å². The van der Waals surface area contributed by atoms with Gasteiger partial charge in [0.25, 0.3) is 0 Å². The summed E-state index contributed by atoms with van der Waals surface area (Å²) in [5.74, 6) is -0.358. The fourth-order valence-electron chi connectivity index (χ4n) is 2.29. The van der Waals surface area contributed by atoms with Gasteiger partial charge >= 0.3 is 6.18 Å². The molecule has 0 spiro atoms. The molecular weight excluding hydrogens is 366 g/mol. The number of hydrogen-bond acceptors (Lipinski definition) is 4. The number of aliphatic hydroxyl groups excluding tert-OH is 1. The SMILES string of the molecule is CC(O)(CO)CNCc1ccc(OCc2cccc(C(F)(F)F)c2)cc1F. The number of alkyl halides is 3. The Bertz CT molecular complexity index is 763. The van der Waals surface area contributed by atoms with Gasteiger partial charge in [0.15, 0.2) is 0 Å². The smallest absolute Gasteiger partial charge is 0.416 e. The molecule has 8 heteroatoms. The molecule has 2 rings (SSSR count). The summed E-state index contributed by atoms with van der Waals surface area (Å²) in [6.07, 6.45) is -4.43. The Kier molecular flexibility index (Phi) is 6.80. The lowest BCUT2D eigenvalue weighted by Gasteiger charge is -2.20. The maximum absolute atomic E-state index is 14.1. The number of benzene rings is 2. The van der Waals surface area contributed by atoms with E-state index in [0.29, 0.717) is 11.1 Å². The normalized spacial score (nSPS) is 14.0. The number of hydrogen-bond donors (Lipinski definition) is 3. The first-order valence-electron chi connectivity index (χ1n) is 8.22. The molecule has 2 aromatic carbocycles. The topological polar surface area (TPSA) is 61.7 Å². The lowest BCUT2D eigenvalue weighted by atomic mass is 10.1. The highest BCUT2D eigenvalue weighted by Gasteiger charge is 2.30. The van der Waals surface area contributed by atoms with Crippen molar-refractivity contribution in [2.45, 2.75) is 31.9 Å². The van der Waals surface area contributed by atoms with Gasteiger partial charge in [-0.05, 0) is 30.7 Å². The predicted molar refractivity (Wildman–Crippen MR) is 91.6 cm³/mol. The van der Waals surface area contributed by atoms with Crippen LogP contribution in [-0.4, -0.2) is 29.0 Å². The summed E-state index contributed by atoms with van der Waals surface area (Å²) >= 11 is 0. The fraction of sp³-hybridized carbons (Fsp3) is 0.368. The number of aliphatic hydroxyl groups is 2. The number of ether oxygens (including phenoxy) is 1. The van der Waals surface area contributed by atoms with Crippen molar-refractivity contribution < 1.29 is 32.5 Å². The zero-order valence-electron chi connectivity index (χ0n) is 14.7. The van der Waals surface area contributed by atoms with Crippen LogP contribution < -0.4 is 10.1 Å². The molecule has 0 heterocycles. The van der Waals surface area contributed by atoms with Gasteiger partial charge in [0.1, 0.15) is 18.2 Å². The van der Waals surface area contributed by atoms with E-state index in [1.165, 1.54) is 31.2 Å². The van der Waals surface area contributed by atoms with Crippen molar-refractivity contribution in [1.82, 2.24) is 5.32 Å². The summed E-state index contributed by atoms with van der Waals surface area (Å²) in [5.41, 5.74) is -1.42. The number of rotatable bonds is 8. The summed E-state index contributed by atoms with van der Waals surface area (Å²) in [7, 11) is 0. The largest absolute Gasteiger partial charge is 0.489 e. The van der Waals surface area contributed by atoms with Gasteiger partial charge in [0, 0.05) is 24.7 Å². The van der Waals surface area contributed by atoms with Gasteiger partial charge in [-0.25, -0.2) is 4.39 Å². The molecule has 1 atom stereocenters. The van der Waals surface area contributed by atoms with E-state index in [4.69, 9.17) is 9.84 Å². The molecule has 0 saturated heterocycles. The van der Waals surface area contributed by atoms with Gasteiger partial charge < -0.3 is 20.3 Å². The summed E-state index contributed by atoms with van der Waals surface area (Å²) in [6.45, 7) is 1.11. The van der Waals surface area contributed by atoms with Crippen LogP contribution in [0.4, 0.5) is 17.6 Å². The molecule has 0 aliphatic heterocycles. The molecule has 1 unspecified atom stereocenters. The van der Waals surface area contributed by atoms with E-state index >= 15 is 0 Å². The highest BCUT2D eigenvalue weighted by atomic mass is 19.4. The second kappa shape index (κ2) is 8.69. The van der Waals surface area contributed by atoms with Crippen LogP contribution in [0.3, 0.4) is 0 Å². The third kappa shape index (κ3) is 6.50. The highest BCUT2D eigenvalue weighted by Crippen LogP contribution is 2.29. The molecule has 0 aliphatic carbocycles. The molecule has 0 amide bonds. The highest BCUT2D eigenvalue weighted by molar-refractivity contribution is 5.30. The molecule has 0 bridgehead atoms. The first-order valence-corrected chi connectivity index (χ1v) is 8.22. The molecule has 0 saturated carbocycles.